The van der Waals surface area contributed by atoms with Gasteiger partial charge in [0, 0.05) is 13.1 Å². The summed E-state index contributed by atoms with van der Waals surface area (Å²) in [7, 11) is 0. The van der Waals surface area contributed by atoms with E-state index in [0.717, 1.165) is 32.1 Å². The van der Waals surface area contributed by atoms with Gasteiger partial charge in [-0.05, 0) is 38.3 Å². The van der Waals surface area contributed by atoms with Crippen LogP contribution >= 0.6 is 0 Å². The second-order valence-corrected chi connectivity index (χ2v) is 15.2. The number of nitrogens with zero attached hydrogens (tertiary/aromatic N) is 2. The molecule has 0 radical (unpaired) electrons. The highest BCUT2D eigenvalue weighted by Crippen LogP contribution is 2.28. The molecule has 284 valence electrons. The van der Waals surface area contributed by atoms with Gasteiger partial charge < -0.3 is 10.2 Å². The maximum atomic E-state index is 10.2. The van der Waals surface area contributed by atoms with E-state index < -0.39 is 0 Å². The molecule has 0 aromatic carbocycles. The van der Waals surface area contributed by atoms with Crippen molar-refractivity contribution in [2.24, 2.45) is 5.92 Å². The maximum absolute atomic E-state index is 10.2. The summed E-state index contributed by atoms with van der Waals surface area (Å²) in [4.78, 5) is 5.28. The molecule has 0 aliphatic heterocycles. The second kappa shape index (κ2) is 38.6. The minimum Gasteiger partial charge on any atom is -0.395 e. The Morgan fingerprint density at radius 1 is 0.340 bits per heavy atom. The first-order valence-corrected chi connectivity index (χ1v) is 21.9. The van der Waals surface area contributed by atoms with E-state index in [0.29, 0.717) is 6.17 Å². The lowest BCUT2D eigenvalue weighted by Crippen LogP contribution is -2.52. The first kappa shape index (κ1) is 46.8. The average Bonchev–Trinajstić information content (AvgIpc) is 3.07. The Kier molecular flexibility index (Phi) is 38.5. The molecular formula is C43H90N2O2. The van der Waals surface area contributed by atoms with Gasteiger partial charge in [-0.15, -0.1) is 0 Å². The number of hydrogen-bond acceptors (Lipinski definition) is 4. The van der Waals surface area contributed by atoms with Crippen LogP contribution in [-0.4, -0.2) is 65.6 Å². The maximum Gasteiger partial charge on any atom is 0.0626 e. The highest BCUT2D eigenvalue weighted by atomic mass is 16.3. The van der Waals surface area contributed by atoms with Gasteiger partial charge in [0.1, 0.15) is 0 Å². The summed E-state index contributed by atoms with van der Waals surface area (Å²) in [6, 6.07) is 0. The fourth-order valence-electron chi connectivity index (χ4n) is 7.61. The number of aliphatic hydroxyl groups excluding tert-OH is 2. The van der Waals surface area contributed by atoms with Crippen LogP contribution < -0.4 is 0 Å². The highest BCUT2D eigenvalue weighted by molar-refractivity contribution is 4.78. The third-order valence-corrected chi connectivity index (χ3v) is 10.7. The monoisotopic (exact) mass is 667 g/mol. The Bertz CT molecular complexity index is 528. The summed E-state index contributed by atoms with van der Waals surface area (Å²) in [5.41, 5.74) is 0. The average molecular weight is 667 g/mol. The quantitative estimate of drug-likeness (QED) is 0.0505. The summed E-state index contributed by atoms with van der Waals surface area (Å²) in [5.74, 6) is 0.747. The van der Waals surface area contributed by atoms with Crippen molar-refractivity contribution in [3.8, 4) is 0 Å². The van der Waals surface area contributed by atoms with Crippen LogP contribution in [-0.2, 0) is 0 Å². The van der Waals surface area contributed by atoms with E-state index in [-0.39, 0.29) is 13.2 Å². The van der Waals surface area contributed by atoms with E-state index in [1.165, 1.54) is 199 Å². The molecule has 0 amide bonds. The van der Waals surface area contributed by atoms with Crippen molar-refractivity contribution in [3.63, 3.8) is 0 Å². The molecule has 0 bridgehead atoms. The second-order valence-electron chi connectivity index (χ2n) is 15.2. The Labute approximate surface area is 297 Å². The van der Waals surface area contributed by atoms with Crippen LogP contribution in [0, 0.1) is 5.92 Å². The van der Waals surface area contributed by atoms with Gasteiger partial charge in [0.15, 0.2) is 0 Å². The molecule has 0 atom stereocenters. The molecular weight excluding hydrogens is 576 g/mol. The molecule has 4 nitrogen and oxygen atoms in total. The fourth-order valence-corrected chi connectivity index (χ4v) is 7.61. The zero-order chi connectivity index (χ0) is 34.5. The molecule has 2 N–H and O–H groups in total. The first-order chi connectivity index (χ1) is 23.2. The van der Waals surface area contributed by atoms with E-state index in [1.54, 1.807) is 0 Å². The minimum absolute atomic E-state index is 0.233. The number of unbranched alkanes of at least 4 members (excludes halogenated alkanes) is 24. The zero-order valence-corrected chi connectivity index (χ0v) is 33.1. The Hall–Kier alpha value is -0.160. The van der Waals surface area contributed by atoms with E-state index >= 15 is 0 Å². The van der Waals surface area contributed by atoms with Crippen molar-refractivity contribution in [1.29, 1.82) is 0 Å². The van der Waals surface area contributed by atoms with Crippen molar-refractivity contribution in [2.75, 3.05) is 39.4 Å². The van der Waals surface area contributed by atoms with Gasteiger partial charge >= 0.3 is 0 Å². The van der Waals surface area contributed by atoms with Crippen LogP contribution in [0.25, 0.3) is 0 Å². The van der Waals surface area contributed by atoms with Gasteiger partial charge in [0.25, 0.3) is 0 Å². The molecule has 0 fully saturated rings. The zero-order valence-electron chi connectivity index (χ0n) is 33.1. The third kappa shape index (κ3) is 30.4. The van der Waals surface area contributed by atoms with E-state index in [9.17, 15) is 10.2 Å². The van der Waals surface area contributed by atoms with Crippen molar-refractivity contribution in [3.05, 3.63) is 0 Å². The lowest BCUT2D eigenvalue weighted by atomic mass is 9.89. The lowest BCUT2D eigenvalue weighted by molar-refractivity contribution is 0.00179. The minimum atomic E-state index is 0.233. The molecule has 0 saturated heterocycles. The molecule has 0 heterocycles. The smallest absolute Gasteiger partial charge is 0.0626 e. The van der Waals surface area contributed by atoms with Gasteiger partial charge in [-0.1, -0.05) is 207 Å². The highest BCUT2D eigenvalue weighted by Gasteiger charge is 2.27. The van der Waals surface area contributed by atoms with Crippen molar-refractivity contribution < 1.29 is 10.2 Å². The van der Waals surface area contributed by atoms with Gasteiger partial charge in [-0.2, -0.15) is 0 Å². The van der Waals surface area contributed by atoms with Crippen LogP contribution in [0.1, 0.15) is 227 Å². The molecule has 0 saturated carbocycles. The largest absolute Gasteiger partial charge is 0.395 e. The fraction of sp³-hybridized carbons (Fsp3) is 1.00. The molecule has 0 unspecified atom stereocenters. The van der Waals surface area contributed by atoms with Crippen LogP contribution in [0.15, 0.2) is 0 Å². The van der Waals surface area contributed by atoms with Gasteiger partial charge in [-0.25, -0.2) is 0 Å². The van der Waals surface area contributed by atoms with E-state index in [4.69, 9.17) is 0 Å². The topological polar surface area (TPSA) is 46.9 Å². The summed E-state index contributed by atoms with van der Waals surface area (Å²) in [6.07, 6.45) is 42.3. The van der Waals surface area contributed by atoms with Crippen LogP contribution in [0.5, 0.6) is 0 Å². The molecule has 0 aromatic rings. The van der Waals surface area contributed by atoms with Crippen LogP contribution in [0.2, 0.25) is 0 Å². The van der Waals surface area contributed by atoms with Crippen molar-refractivity contribution >= 4 is 0 Å². The lowest BCUT2D eigenvalue weighted by Gasteiger charge is -2.41. The summed E-state index contributed by atoms with van der Waals surface area (Å²) < 4.78 is 0. The molecule has 0 rings (SSSR count). The predicted molar refractivity (Wildman–Crippen MR) is 210 cm³/mol. The Morgan fingerprint density at radius 2 is 0.617 bits per heavy atom. The number of aliphatic hydroxyl groups is 2. The SMILES string of the molecule is CCCCCCCCCCC(CCCCCCCCCC)CC(N(CCO)CCCCCCCC)N(CCO)CCCCCCCC. The van der Waals surface area contributed by atoms with E-state index in [1.807, 2.05) is 0 Å². The molecule has 47 heavy (non-hydrogen) atoms. The van der Waals surface area contributed by atoms with Crippen LogP contribution in [0.3, 0.4) is 0 Å². The van der Waals surface area contributed by atoms with Gasteiger partial charge in [-0.3, -0.25) is 9.80 Å². The third-order valence-electron chi connectivity index (χ3n) is 10.7. The normalized spacial score (nSPS) is 12.1. The van der Waals surface area contributed by atoms with Crippen molar-refractivity contribution in [1.82, 2.24) is 9.80 Å². The Balaban J connectivity index is 5.56. The predicted octanol–water partition coefficient (Wildman–Crippen LogP) is 12.7. The van der Waals surface area contributed by atoms with Gasteiger partial charge in [0.2, 0.25) is 0 Å². The molecule has 0 spiro atoms. The number of hydrogen-bond donors (Lipinski definition) is 2. The standard InChI is InChI=1S/C43H90N2O2/c1-5-9-13-17-21-23-25-29-33-42(34-30-26-24-22-18-14-10-6-2)41-43(44(37-39-46)35-31-27-19-15-11-7-3)45(38-40-47)36-32-28-20-16-12-8-4/h42-43,46-47H,5-41H2,1-4H3. The van der Waals surface area contributed by atoms with Crippen LogP contribution in [0.4, 0.5) is 0 Å². The van der Waals surface area contributed by atoms with Gasteiger partial charge in [0.05, 0.1) is 19.4 Å². The van der Waals surface area contributed by atoms with Crippen molar-refractivity contribution in [2.45, 2.75) is 233 Å². The molecule has 0 aromatic heterocycles. The number of rotatable bonds is 40. The molecule has 0 aliphatic carbocycles. The summed E-state index contributed by atoms with van der Waals surface area (Å²) in [5, 5.41) is 20.5. The molecule has 0 aliphatic rings. The summed E-state index contributed by atoms with van der Waals surface area (Å²) in [6.45, 7) is 13.4. The summed E-state index contributed by atoms with van der Waals surface area (Å²) >= 11 is 0. The first-order valence-electron chi connectivity index (χ1n) is 21.9. The van der Waals surface area contributed by atoms with E-state index in [2.05, 4.69) is 37.5 Å². The Morgan fingerprint density at radius 3 is 0.915 bits per heavy atom. The molecule has 4 heteroatoms.